The Morgan fingerprint density at radius 1 is 1.33 bits per heavy atom. The second-order valence-electron chi connectivity index (χ2n) is 5.56. The Kier molecular flexibility index (Phi) is 3.14. The number of anilines is 1. The molecule has 0 bridgehead atoms. The van der Waals surface area contributed by atoms with Gasteiger partial charge in [0, 0.05) is 19.5 Å². The minimum Gasteiger partial charge on any atom is -0.345 e. The molecule has 2 fully saturated rings. The van der Waals surface area contributed by atoms with Crippen molar-refractivity contribution in [1.82, 2.24) is 4.98 Å². The molecule has 2 unspecified atom stereocenters. The van der Waals surface area contributed by atoms with Crippen LogP contribution in [0.15, 0.2) is 0 Å². The Labute approximate surface area is 112 Å². The molecule has 0 radical (unpaired) electrons. The van der Waals surface area contributed by atoms with Gasteiger partial charge in [0.1, 0.15) is 0 Å². The number of rotatable bonds is 2. The smallest absolute Gasteiger partial charge is 0.186 e. The van der Waals surface area contributed by atoms with Gasteiger partial charge in [-0.25, -0.2) is 4.98 Å². The molecule has 1 saturated heterocycles. The van der Waals surface area contributed by atoms with Gasteiger partial charge < -0.3 is 4.90 Å². The number of thiazole rings is 1. The average molecular weight is 264 g/mol. The molecule has 0 amide bonds. The fraction of sp³-hybridized carbons (Fsp3) is 0.714. The van der Waals surface area contributed by atoms with Crippen LogP contribution in [-0.2, 0) is 0 Å². The summed E-state index contributed by atoms with van der Waals surface area (Å²) in [7, 11) is 0. The minimum atomic E-state index is 0.149. The summed E-state index contributed by atoms with van der Waals surface area (Å²) in [5, 5.41) is 1.08. The molecule has 2 heterocycles. The summed E-state index contributed by atoms with van der Waals surface area (Å²) in [6.45, 7) is 4.71. The first kappa shape index (κ1) is 12.2. The number of Topliss-reactive ketones (excluding diaryl/α,β-unsaturated/α-hetero) is 1. The normalized spacial score (nSPS) is 27.3. The first-order valence-electron chi connectivity index (χ1n) is 6.92. The highest BCUT2D eigenvalue weighted by Crippen LogP contribution is 2.40. The van der Waals surface area contributed by atoms with Gasteiger partial charge >= 0.3 is 0 Å². The summed E-state index contributed by atoms with van der Waals surface area (Å²) < 4.78 is 0. The van der Waals surface area contributed by atoms with Gasteiger partial charge in [0.25, 0.3) is 0 Å². The van der Waals surface area contributed by atoms with Crippen molar-refractivity contribution in [2.45, 2.75) is 52.0 Å². The van der Waals surface area contributed by atoms with Crippen molar-refractivity contribution in [2.75, 3.05) is 11.4 Å². The van der Waals surface area contributed by atoms with Crippen LogP contribution in [-0.4, -0.2) is 23.4 Å². The topological polar surface area (TPSA) is 33.2 Å². The van der Waals surface area contributed by atoms with Crippen molar-refractivity contribution >= 4 is 22.3 Å². The zero-order valence-electron chi connectivity index (χ0n) is 11.1. The maximum absolute atomic E-state index is 11.5. The molecule has 98 valence electrons. The van der Waals surface area contributed by atoms with Crippen molar-refractivity contribution in [2.24, 2.45) is 5.92 Å². The Bertz CT molecular complexity index is 468. The van der Waals surface area contributed by atoms with E-state index in [1.54, 1.807) is 18.3 Å². The van der Waals surface area contributed by atoms with Crippen molar-refractivity contribution < 1.29 is 4.79 Å². The van der Waals surface area contributed by atoms with Gasteiger partial charge in [-0.15, -0.1) is 0 Å². The number of aryl methyl sites for hydroxylation is 1. The predicted octanol–water partition coefficient (Wildman–Crippen LogP) is 3.42. The van der Waals surface area contributed by atoms with E-state index in [1.807, 2.05) is 6.92 Å². The zero-order chi connectivity index (χ0) is 12.7. The highest BCUT2D eigenvalue weighted by molar-refractivity contribution is 7.17. The van der Waals surface area contributed by atoms with Crippen LogP contribution >= 0.6 is 11.3 Å². The standard InChI is InChI=1S/C14H20N2OS/c1-9-13(10(2)17)18-14(15-9)16-8-4-6-11-5-3-7-12(11)16/h11-12H,3-8H2,1-2H3. The molecule has 0 N–H and O–H groups in total. The molecule has 18 heavy (non-hydrogen) atoms. The van der Waals surface area contributed by atoms with E-state index in [9.17, 15) is 4.79 Å². The highest BCUT2D eigenvalue weighted by atomic mass is 32.1. The summed E-state index contributed by atoms with van der Waals surface area (Å²) >= 11 is 1.59. The van der Waals surface area contributed by atoms with Crippen LogP contribution < -0.4 is 4.90 Å². The predicted molar refractivity (Wildman–Crippen MR) is 74.6 cm³/mol. The number of hydrogen-bond donors (Lipinski definition) is 0. The molecule has 2 aliphatic rings. The van der Waals surface area contributed by atoms with Crippen LogP contribution in [0.25, 0.3) is 0 Å². The summed E-state index contributed by atoms with van der Waals surface area (Å²) in [6, 6.07) is 0.684. The number of fused-ring (bicyclic) bond motifs is 1. The molecule has 0 aromatic carbocycles. The number of piperidine rings is 1. The van der Waals surface area contributed by atoms with Crippen molar-refractivity contribution in [3.05, 3.63) is 10.6 Å². The van der Waals surface area contributed by atoms with E-state index in [0.717, 1.165) is 28.2 Å². The zero-order valence-corrected chi connectivity index (χ0v) is 11.9. The Hall–Kier alpha value is -0.900. The summed E-state index contributed by atoms with van der Waals surface area (Å²) in [6.07, 6.45) is 6.69. The molecule has 1 aromatic rings. The molecule has 3 nitrogen and oxygen atoms in total. The summed E-state index contributed by atoms with van der Waals surface area (Å²) in [4.78, 5) is 19.5. The van der Waals surface area contributed by atoms with Crippen molar-refractivity contribution in [1.29, 1.82) is 0 Å². The second-order valence-corrected chi connectivity index (χ2v) is 6.54. The van der Waals surface area contributed by atoms with Gasteiger partial charge in [0.05, 0.1) is 10.6 Å². The lowest BCUT2D eigenvalue weighted by Gasteiger charge is -2.37. The quantitative estimate of drug-likeness (QED) is 0.767. The Balaban J connectivity index is 1.89. The first-order valence-corrected chi connectivity index (χ1v) is 7.73. The number of nitrogens with zero attached hydrogens (tertiary/aromatic N) is 2. The molecule has 0 spiro atoms. The van der Waals surface area contributed by atoms with E-state index in [0.29, 0.717) is 6.04 Å². The van der Waals surface area contributed by atoms with Gasteiger partial charge in [-0.2, -0.15) is 0 Å². The number of carbonyl (C=O) groups excluding carboxylic acids is 1. The maximum Gasteiger partial charge on any atom is 0.186 e. The van der Waals surface area contributed by atoms with Crippen molar-refractivity contribution in [3.8, 4) is 0 Å². The van der Waals surface area contributed by atoms with Crippen LogP contribution in [0.5, 0.6) is 0 Å². The number of hydrogen-bond acceptors (Lipinski definition) is 4. The van der Waals surface area contributed by atoms with Gasteiger partial charge in [-0.05, 0) is 38.5 Å². The van der Waals surface area contributed by atoms with Gasteiger partial charge in [0.2, 0.25) is 0 Å². The molecule has 1 saturated carbocycles. The lowest BCUT2D eigenvalue weighted by molar-refractivity contribution is 0.102. The number of ketones is 1. The van der Waals surface area contributed by atoms with Crippen molar-refractivity contribution in [3.63, 3.8) is 0 Å². The third kappa shape index (κ3) is 1.96. The molecular weight excluding hydrogens is 244 g/mol. The van der Waals surface area contributed by atoms with E-state index in [4.69, 9.17) is 0 Å². The van der Waals surface area contributed by atoms with E-state index in [-0.39, 0.29) is 5.78 Å². The van der Waals surface area contributed by atoms with Crippen LogP contribution in [0.4, 0.5) is 5.13 Å². The molecule has 1 aromatic heterocycles. The monoisotopic (exact) mass is 264 g/mol. The van der Waals surface area contributed by atoms with E-state index in [2.05, 4.69) is 9.88 Å². The van der Waals surface area contributed by atoms with E-state index in [1.165, 1.54) is 32.1 Å². The SMILES string of the molecule is CC(=O)c1sc(N2CCCC3CCCC32)nc1C. The molecule has 4 heteroatoms. The lowest BCUT2D eigenvalue weighted by atomic mass is 9.92. The van der Waals surface area contributed by atoms with E-state index < -0.39 is 0 Å². The molecule has 3 rings (SSSR count). The van der Waals surface area contributed by atoms with Gasteiger partial charge in [-0.1, -0.05) is 17.8 Å². The van der Waals surface area contributed by atoms with E-state index >= 15 is 0 Å². The molecular formula is C14H20N2OS. The largest absolute Gasteiger partial charge is 0.345 e. The molecule has 1 aliphatic heterocycles. The highest BCUT2D eigenvalue weighted by Gasteiger charge is 2.36. The number of carbonyl (C=O) groups is 1. The fourth-order valence-corrected chi connectivity index (χ4v) is 4.57. The van der Waals surface area contributed by atoms with Crippen LogP contribution in [0.1, 0.15) is 54.4 Å². The molecule has 2 atom stereocenters. The molecule has 1 aliphatic carbocycles. The second kappa shape index (κ2) is 4.65. The number of aromatic nitrogens is 1. The third-order valence-electron chi connectivity index (χ3n) is 4.34. The Morgan fingerprint density at radius 2 is 2.11 bits per heavy atom. The van der Waals surface area contributed by atoms with Gasteiger partial charge in [-0.3, -0.25) is 4.79 Å². The summed E-state index contributed by atoms with van der Waals surface area (Å²) in [5.41, 5.74) is 0.905. The minimum absolute atomic E-state index is 0.149. The van der Waals surface area contributed by atoms with Crippen LogP contribution in [0.3, 0.4) is 0 Å². The average Bonchev–Trinajstić information content (AvgIpc) is 2.94. The van der Waals surface area contributed by atoms with Crippen LogP contribution in [0, 0.1) is 12.8 Å². The first-order chi connectivity index (χ1) is 8.66. The fourth-order valence-electron chi connectivity index (χ4n) is 3.52. The Morgan fingerprint density at radius 3 is 2.83 bits per heavy atom. The lowest BCUT2D eigenvalue weighted by Crippen LogP contribution is -2.42. The maximum atomic E-state index is 11.5. The summed E-state index contributed by atoms with van der Waals surface area (Å²) in [5.74, 6) is 1.01. The third-order valence-corrected chi connectivity index (χ3v) is 5.64. The van der Waals surface area contributed by atoms with Crippen LogP contribution in [0.2, 0.25) is 0 Å². The van der Waals surface area contributed by atoms with Gasteiger partial charge in [0.15, 0.2) is 10.9 Å².